The first kappa shape index (κ1) is 27.5. The van der Waals surface area contributed by atoms with E-state index in [9.17, 15) is 24.3 Å². The Balaban J connectivity index is 1.19. The predicted molar refractivity (Wildman–Crippen MR) is 150 cm³/mol. The lowest BCUT2D eigenvalue weighted by molar-refractivity contribution is -0.663. The number of furan rings is 1. The van der Waals surface area contributed by atoms with E-state index >= 15 is 0 Å². The normalized spacial score (nSPS) is 18.2. The lowest BCUT2D eigenvalue weighted by Gasteiger charge is -2.49. The third kappa shape index (κ3) is 5.38. The van der Waals surface area contributed by atoms with E-state index in [0.29, 0.717) is 16.8 Å². The Morgan fingerprint density at radius 1 is 1.19 bits per heavy atom. The fourth-order valence-corrected chi connectivity index (χ4v) is 6.03. The molecule has 1 unspecified atom stereocenters. The Morgan fingerprint density at radius 2 is 2.00 bits per heavy atom. The zero-order valence-electron chi connectivity index (χ0n) is 22.0. The topological polar surface area (TPSA) is 206 Å². The molecular weight excluding hydrogens is 582 g/mol. The molecule has 1 saturated heterocycles. The molecule has 2 atom stereocenters. The summed E-state index contributed by atoms with van der Waals surface area (Å²) in [6.45, 7) is 0.214. The summed E-state index contributed by atoms with van der Waals surface area (Å²) in [5.74, 6) is -2.54. The molecule has 5 heterocycles. The molecule has 1 fully saturated rings. The number of carboxylic acid groups (broad SMARTS) is 1. The van der Waals surface area contributed by atoms with Crippen LogP contribution in [0.4, 0.5) is 16.5 Å². The minimum atomic E-state index is -1.27. The number of hydrogen-bond acceptors (Lipinski definition) is 11. The van der Waals surface area contributed by atoms with Crippen molar-refractivity contribution in [3.63, 3.8) is 0 Å². The van der Waals surface area contributed by atoms with E-state index in [1.54, 1.807) is 54.7 Å². The largest absolute Gasteiger partial charge is 0.477 e. The number of benzene rings is 1. The highest BCUT2D eigenvalue weighted by Crippen LogP contribution is 2.40. The van der Waals surface area contributed by atoms with Gasteiger partial charge in [-0.05, 0) is 18.2 Å². The number of oxime groups is 1. The average Bonchev–Trinajstić information content (AvgIpc) is 3.66. The smallest absolute Gasteiger partial charge is 0.437 e. The van der Waals surface area contributed by atoms with Crippen LogP contribution >= 0.6 is 11.8 Å². The van der Waals surface area contributed by atoms with Crippen molar-refractivity contribution in [2.45, 2.75) is 18.0 Å². The lowest BCUT2D eigenvalue weighted by Crippen LogP contribution is -2.71. The van der Waals surface area contributed by atoms with Gasteiger partial charge in [0.15, 0.2) is 24.0 Å². The number of carboxylic acids is 1. The number of anilines is 2. The van der Waals surface area contributed by atoms with Crippen molar-refractivity contribution in [1.29, 1.82) is 0 Å². The summed E-state index contributed by atoms with van der Waals surface area (Å²) in [5.41, 5.74) is 7.10. The van der Waals surface area contributed by atoms with E-state index in [2.05, 4.69) is 20.8 Å². The number of β-lactam (4-membered cyclic amide) rings is 1. The highest BCUT2D eigenvalue weighted by Gasteiger charge is 2.55. The van der Waals surface area contributed by atoms with Gasteiger partial charge in [0.05, 0.1) is 6.26 Å². The number of nitrogens with two attached hydrogens (primary N) is 1. The maximum Gasteiger partial charge on any atom is 0.437 e. The second-order valence-corrected chi connectivity index (χ2v) is 10.4. The summed E-state index contributed by atoms with van der Waals surface area (Å²) < 4.78 is 12.2. The Hall–Kier alpha value is -5.64. The van der Waals surface area contributed by atoms with Crippen LogP contribution in [0.25, 0.3) is 11.1 Å². The molecule has 4 aromatic rings. The fourth-order valence-electron chi connectivity index (χ4n) is 4.70. The van der Waals surface area contributed by atoms with Crippen LogP contribution in [0.2, 0.25) is 0 Å². The summed E-state index contributed by atoms with van der Waals surface area (Å²) in [7, 11) is 0. The van der Waals surface area contributed by atoms with E-state index in [1.807, 2.05) is 4.57 Å². The quantitative estimate of drug-likeness (QED) is 0.0748. The first-order valence-electron chi connectivity index (χ1n) is 12.7. The Kier molecular flexibility index (Phi) is 7.25. The number of nitrogens with zero attached hydrogens (tertiary/aromatic N) is 4. The molecule has 0 radical (unpaired) electrons. The van der Waals surface area contributed by atoms with Crippen LogP contribution in [0, 0.1) is 0 Å². The number of rotatable bonds is 8. The number of oxazole rings is 1. The third-order valence-corrected chi connectivity index (χ3v) is 7.95. The number of hydrogen-bond donors (Lipinski definition) is 4. The van der Waals surface area contributed by atoms with Crippen molar-refractivity contribution in [3.05, 3.63) is 84.2 Å². The second-order valence-electron chi connectivity index (χ2n) is 9.31. The van der Waals surface area contributed by atoms with Gasteiger partial charge in [0.25, 0.3) is 23.3 Å². The lowest BCUT2D eigenvalue weighted by atomic mass is 10.0. The molecule has 0 bridgehead atoms. The predicted octanol–water partition coefficient (Wildman–Crippen LogP) is 1.68. The summed E-state index contributed by atoms with van der Waals surface area (Å²) in [6.07, 6.45) is 3.38. The van der Waals surface area contributed by atoms with Crippen LogP contribution in [-0.2, 0) is 25.8 Å². The molecule has 6 rings (SSSR count). The minimum Gasteiger partial charge on any atom is -0.477 e. The molecule has 3 aromatic heterocycles. The molecular formula is C27H22N7O8S+. The SMILES string of the molecule is Nc1nc(C(=NOC(=O)Nc2ccccc2)C(=O)NC2C(=O)N3C(C(=O)O)=C(C[n+]4cccc5occc54)CS[C@@H]23)co1. The van der Waals surface area contributed by atoms with Gasteiger partial charge in [-0.2, -0.15) is 9.55 Å². The maximum absolute atomic E-state index is 13.3. The van der Waals surface area contributed by atoms with Crippen LogP contribution < -0.4 is 20.9 Å². The monoisotopic (exact) mass is 604 g/mol. The number of aliphatic carboxylic acids is 1. The van der Waals surface area contributed by atoms with Gasteiger partial charge in [-0.1, -0.05) is 23.4 Å². The Morgan fingerprint density at radius 3 is 2.74 bits per heavy atom. The number of carbonyl (C=O) groups is 4. The van der Waals surface area contributed by atoms with Crippen molar-refractivity contribution in [2.75, 3.05) is 16.8 Å². The summed E-state index contributed by atoms with van der Waals surface area (Å²) in [5, 5.41) is 18.0. The number of amides is 3. The number of nitrogens with one attached hydrogen (secondary N) is 2. The Labute approximate surface area is 246 Å². The number of carbonyl (C=O) groups excluding carboxylic acids is 3. The number of pyridine rings is 1. The molecule has 1 aromatic carbocycles. The van der Waals surface area contributed by atoms with E-state index in [-0.39, 0.29) is 29.7 Å². The first-order chi connectivity index (χ1) is 20.8. The molecule has 2 aliphatic rings. The fraction of sp³-hybridized carbons (Fsp3) is 0.148. The van der Waals surface area contributed by atoms with Crippen LogP contribution in [-0.4, -0.2) is 61.7 Å². The van der Waals surface area contributed by atoms with Crippen LogP contribution in [0.3, 0.4) is 0 Å². The van der Waals surface area contributed by atoms with E-state index in [1.165, 1.54) is 18.0 Å². The Bertz CT molecular complexity index is 1820. The van der Waals surface area contributed by atoms with Gasteiger partial charge in [-0.3, -0.25) is 24.6 Å². The number of fused-ring (bicyclic) bond motifs is 2. The standard InChI is InChI=1S/C27H21N7O8S/c28-26-30-16(12-41-26)19(32-42-27(39)29-15-5-2-1-3-6-15)22(35)31-20-23(36)34-21(25(37)38)14(13-43-24(20)34)11-33-9-4-7-18-17(33)8-10-40-18/h1-10,12,20,24H,11,13H2,(H4-,28,29,30,31,35,37,38,39)/p+1/t20?,24-/m0/s1. The highest BCUT2D eigenvalue weighted by molar-refractivity contribution is 8.00. The number of nitrogen functional groups attached to an aromatic ring is 1. The summed E-state index contributed by atoms with van der Waals surface area (Å²) in [6, 6.07) is 12.4. The number of aromatic nitrogens is 2. The van der Waals surface area contributed by atoms with Crippen LogP contribution in [0.15, 0.2) is 92.5 Å². The molecule has 0 saturated carbocycles. The zero-order chi connectivity index (χ0) is 30.1. The second kappa shape index (κ2) is 11.3. The van der Waals surface area contributed by atoms with Crippen molar-refractivity contribution in [2.24, 2.45) is 5.16 Å². The van der Waals surface area contributed by atoms with Crippen molar-refractivity contribution in [3.8, 4) is 0 Å². The van der Waals surface area contributed by atoms with Gasteiger partial charge in [0, 0.05) is 29.1 Å². The molecule has 5 N–H and O–H groups in total. The minimum absolute atomic E-state index is 0.147. The molecule has 2 aliphatic heterocycles. The van der Waals surface area contributed by atoms with Crippen molar-refractivity contribution < 1.29 is 42.5 Å². The molecule has 15 nitrogen and oxygen atoms in total. The van der Waals surface area contributed by atoms with Gasteiger partial charge in [0.2, 0.25) is 0 Å². The van der Waals surface area contributed by atoms with Gasteiger partial charge < -0.3 is 25.0 Å². The molecule has 0 spiro atoms. The van der Waals surface area contributed by atoms with Crippen molar-refractivity contribution >= 4 is 64.2 Å². The maximum atomic E-state index is 13.3. The molecule has 0 aliphatic carbocycles. The van der Waals surface area contributed by atoms with Gasteiger partial charge in [-0.25, -0.2) is 9.59 Å². The zero-order valence-corrected chi connectivity index (χ0v) is 22.8. The first-order valence-corrected chi connectivity index (χ1v) is 13.7. The van der Waals surface area contributed by atoms with Gasteiger partial charge in [0.1, 0.15) is 29.1 Å². The number of para-hydroxylation sites is 1. The van der Waals surface area contributed by atoms with Crippen molar-refractivity contribution in [1.82, 2.24) is 15.2 Å². The molecule has 43 heavy (non-hydrogen) atoms. The molecule has 16 heteroatoms. The summed E-state index contributed by atoms with van der Waals surface area (Å²) in [4.78, 5) is 61.0. The highest BCUT2D eigenvalue weighted by atomic mass is 32.2. The molecule has 218 valence electrons. The third-order valence-electron chi connectivity index (χ3n) is 6.61. The van der Waals surface area contributed by atoms with E-state index in [4.69, 9.17) is 19.4 Å². The molecule has 3 amide bonds. The van der Waals surface area contributed by atoms with E-state index < -0.39 is 41.0 Å². The van der Waals surface area contributed by atoms with Gasteiger partial charge in [-0.15, -0.1) is 11.8 Å². The summed E-state index contributed by atoms with van der Waals surface area (Å²) >= 11 is 1.30. The van der Waals surface area contributed by atoms with E-state index in [0.717, 1.165) is 16.7 Å². The van der Waals surface area contributed by atoms with Gasteiger partial charge >= 0.3 is 12.1 Å². The van der Waals surface area contributed by atoms with Crippen LogP contribution in [0.1, 0.15) is 5.69 Å². The number of thioether (sulfide) groups is 1. The average molecular weight is 605 g/mol. The van der Waals surface area contributed by atoms with Crippen LogP contribution in [0.5, 0.6) is 0 Å².